The second-order valence-corrected chi connectivity index (χ2v) is 9.07. The van der Waals surface area contributed by atoms with Crippen molar-refractivity contribution in [2.75, 3.05) is 6.54 Å². The van der Waals surface area contributed by atoms with Gasteiger partial charge in [-0.2, -0.15) is 0 Å². The summed E-state index contributed by atoms with van der Waals surface area (Å²) in [4.78, 5) is 12.3. The van der Waals surface area contributed by atoms with E-state index in [1.165, 1.54) is 29.6 Å². The molecule has 0 bridgehead atoms. The molecule has 0 amide bonds. The molecule has 0 unspecified atom stereocenters. The topological polar surface area (TPSA) is 62.9 Å². The van der Waals surface area contributed by atoms with Crippen LogP contribution in [0.1, 0.15) is 27.2 Å². The van der Waals surface area contributed by atoms with E-state index in [2.05, 4.69) is 9.04 Å². The lowest BCUT2D eigenvalue weighted by Crippen LogP contribution is -2.19. The number of nitrogens with zero attached hydrogens (tertiary/aromatic N) is 1. The van der Waals surface area contributed by atoms with E-state index in [0.29, 0.717) is 24.2 Å². The largest absolute Gasteiger partial charge is 0.573 e. The molecule has 9 heteroatoms. The Hall–Kier alpha value is -3.43. The minimum absolute atomic E-state index is 0.0794. The van der Waals surface area contributed by atoms with Crippen molar-refractivity contribution in [2.24, 2.45) is 0 Å². The third-order valence-electron chi connectivity index (χ3n) is 5.34. The fraction of sp³-hybridized carbons (Fsp3) is 0.192. The van der Waals surface area contributed by atoms with Crippen LogP contribution in [-0.4, -0.2) is 28.3 Å². The SMILES string of the molecule is Cc1c(C(=O)O)oc2ccc(SN(CCc3ccccc3)Cc3ccc(OC(F)(F)F)cc3)cc12. The van der Waals surface area contributed by atoms with E-state index in [9.17, 15) is 23.1 Å². The van der Waals surface area contributed by atoms with Gasteiger partial charge in [-0.25, -0.2) is 9.10 Å². The lowest BCUT2D eigenvalue weighted by atomic mass is 10.1. The number of carboxylic acid groups (broad SMARTS) is 1. The zero-order chi connectivity index (χ0) is 25.0. The molecule has 1 heterocycles. The van der Waals surface area contributed by atoms with Gasteiger partial charge in [0.25, 0.3) is 0 Å². The van der Waals surface area contributed by atoms with Crippen LogP contribution in [0.4, 0.5) is 13.2 Å². The van der Waals surface area contributed by atoms with Crippen LogP contribution in [0.25, 0.3) is 11.0 Å². The van der Waals surface area contributed by atoms with Gasteiger partial charge in [-0.3, -0.25) is 0 Å². The van der Waals surface area contributed by atoms with E-state index < -0.39 is 12.3 Å². The number of alkyl halides is 3. The average molecular weight is 502 g/mol. The van der Waals surface area contributed by atoms with Gasteiger partial charge < -0.3 is 14.3 Å². The van der Waals surface area contributed by atoms with Crippen LogP contribution in [0.3, 0.4) is 0 Å². The number of rotatable bonds is 9. The van der Waals surface area contributed by atoms with E-state index in [4.69, 9.17) is 4.42 Å². The van der Waals surface area contributed by atoms with E-state index in [0.717, 1.165) is 22.3 Å². The van der Waals surface area contributed by atoms with Gasteiger partial charge in [0.2, 0.25) is 5.76 Å². The first-order valence-corrected chi connectivity index (χ1v) is 11.5. The van der Waals surface area contributed by atoms with E-state index in [-0.39, 0.29) is 11.5 Å². The van der Waals surface area contributed by atoms with Crippen molar-refractivity contribution in [1.82, 2.24) is 4.31 Å². The van der Waals surface area contributed by atoms with Crippen LogP contribution in [0, 0.1) is 6.92 Å². The first-order chi connectivity index (χ1) is 16.7. The van der Waals surface area contributed by atoms with Crippen LogP contribution < -0.4 is 4.74 Å². The number of halogens is 3. The zero-order valence-electron chi connectivity index (χ0n) is 18.7. The quantitative estimate of drug-likeness (QED) is 0.247. The third-order valence-corrected chi connectivity index (χ3v) is 6.38. The molecule has 0 atom stereocenters. The van der Waals surface area contributed by atoms with Crippen molar-refractivity contribution in [2.45, 2.75) is 31.1 Å². The predicted octanol–water partition coefficient (Wildman–Crippen LogP) is 7.09. The molecule has 0 spiro atoms. The molecule has 0 fully saturated rings. The molecule has 0 aliphatic rings. The van der Waals surface area contributed by atoms with Gasteiger partial charge in [-0.05, 0) is 66.8 Å². The van der Waals surface area contributed by atoms with Gasteiger partial charge in [0.05, 0.1) is 0 Å². The van der Waals surface area contributed by atoms with E-state index in [1.807, 2.05) is 42.5 Å². The Kier molecular flexibility index (Phi) is 7.37. The number of aromatic carboxylic acids is 1. The number of hydrogen-bond donors (Lipinski definition) is 1. The van der Waals surface area contributed by atoms with E-state index in [1.54, 1.807) is 25.1 Å². The molecule has 1 aromatic heterocycles. The smallest absolute Gasteiger partial charge is 0.475 e. The summed E-state index contributed by atoms with van der Waals surface area (Å²) in [5.74, 6) is -1.46. The number of benzene rings is 3. The lowest BCUT2D eigenvalue weighted by Gasteiger charge is -2.22. The maximum atomic E-state index is 12.5. The van der Waals surface area contributed by atoms with Gasteiger partial charge in [-0.15, -0.1) is 13.2 Å². The average Bonchev–Trinajstić information content (AvgIpc) is 3.15. The van der Waals surface area contributed by atoms with Crippen molar-refractivity contribution >= 4 is 28.9 Å². The standard InChI is InChI=1S/C26H22F3NO4S/c1-17-22-15-21(11-12-23(22)33-24(17)25(31)32)35-30(14-13-18-5-3-2-4-6-18)16-19-7-9-20(10-8-19)34-26(27,28)29/h2-12,15H,13-14,16H2,1H3,(H,31,32). The molecule has 0 radical (unpaired) electrons. The first-order valence-electron chi connectivity index (χ1n) is 10.8. The Bertz CT molecular complexity index is 1300. The van der Waals surface area contributed by atoms with Crippen LogP contribution in [0.5, 0.6) is 5.75 Å². The van der Waals surface area contributed by atoms with Crippen LogP contribution in [-0.2, 0) is 13.0 Å². The highest BCUT2D eigenvalue weighted by atomic mass is 32.2. The van der Waals surface area contributed by atoms with Crippen LogP contribution >= 0.6 is 11.9 Å². The van der Waals surface area contributed by atoms with Crippen molar-refractivity contribution in [1.29, 1.82) is 0 Å². The molecule has 0 aliphatic heterocycles. The monoisotopic (exact) mass is 501 g/mol. The summed E-state index contributed by atoms with van der Waals surface area (Å²) in [5, 5.41) is 10.1. The van der Waals surface area contributed by atoms with Crippen molar-refractivity contribution < 1.29 is 32.2 Å². The Morgan fingerprint density at radius 1 is 1.03 bits per heavy atom. The second-order valence-electron chi connectivity index (χ2n) is 7.90. The first kappa shape index (κ1) is 24.7. The molecule has 0 saturated heterocycles. The molecule has 4 aromatic rings. The number of hydrogen-bond acceptors (Lipinski definition) is 5. The summed E-state index contributed by atoms with van der Waals surface area (Å²) in [6, 6.07) is 21.3. The van der Waals surface area contributed by atoms with Crippen molar-refractivity contribution in [3.63, 3.8) is 0 Å². The summed E-state index contributed by atoms with van der Waals surface area (Å²) < 4.78 is 48.9. The Morgan fingerprint density at radius 3 is 2.40 bits per heavy atom. The molecule has 182 valence electrons. The Labute approximate surface area is 204 Å². The van der Waals surface area contributed by atoms with Crippen molar-refractivity contribution in [3.05, 3.63) is 95.2 Å². The van der Waals surface area contributed by atoms with E-state index >= 15 is 0 Å². The minimum Gasteiger partial charge on any atom is -0.475 e. The second kappa shape index (κ2) is 10.5. The van der Waals surface area contributed by atoms with Crippen LogP contribution in [0.2, 0.25) is 0 Å². The molecule has 3 aromatic carbocycles. The highest BCUT2D eigenvalue weighted by molar-refractivity contribution is 7.97. The molecular formula is C26H22F3NO4S. The highest BCUT2D eigenvalue weighted by Gasteiger charge is 2.31. The summed E-state index contributed by atoms with van der Waals surface area (Å²) in [5.41, 5.74) is 3.06. The Balaban J connectivity index is 1.54. The lowest BCUT2D eigenvalue weighted by molar-refractivity contribution is -0.274. The molecule has 0 aliphatic carbocycles. The minimum atomic E-state index is -4.73. The molecule has 1 N–H and O–H groups in total. The number of carbonyl (C=O) groups is 1. The zero-order valence-corrected chi connectivity index (χ0v) is 19.5. The van der Waals surface area contributed by atoms with Crippen molar-refractivity contribution in [3.8, 4) is 5.75 Å². The third kappa shape index (κ3) is 6.58. The summed E-state index contributed by atoms with van der Waals surface area (Å²) in [6.45, 7) is 2.87. The fourth-order valence-electron chi connectivity index (χ4n) is 3.67. The number of furan rings is 1. The van der Waals surface area contributed by atoms with Gasteiger partial charge in [-0.1, -0.05) is 42.5 Å². The molecule has 4 rings (SSSR count). The molecule has 5 nitrogen and oxygen atoms in total. The summed E-state index contributed by atoms with van der Waals surface area (Å²) in [6.07, 6.45) is -3.96. The summed E-state index contributed by atoms with van der Waals surface area (Å²) in [7, 11) is 0. The van der Waals surface area contributed by atoms with Gasteiger partial charge in [0.15, 0.2) is 0 Å². The normalized spacial score (nSPS) is 11.8. The molecule has 0 saturated carbocycles. The molecule has 35 heavy (non-hydrogen) atoms. The highest BCUT2D eigenvalue weighted by Crippen LogP contribution is 2.32. The molecular weight excluding hydrogens is 479 g/mol. The van der Waals surface area contributed by atoms with Gasteiger partial charge >= 0.3 is 12.3 Å². The number of ether oxygens (including phenoxy) is 1. The number of carboxylic acids is 1. The summed E-state index contributed by atoms with van der Waals surface area (Å²) >= 11 is 1.49. The van der Waals surface area contributed by atoms with Gasteiger partial charge in [0, 0.05) is 28.9 Å². The number of aryl methyl sites for hydroxylation is 1. The predicted molar refractivity (Wildman–Crippen MR) is 127 cm³/mol. The Morgan fingerprint density at radius 2 is 1.74 bits per heavy atom. The fourth-order valence-corrected chi connectivity index (χ4v) is 4.66. The maximum absolute atomic E-state index is 12.5. The van der Waals surface area contributed by atoms with Crippen LogP contribution in [0.15, 0.2) is 82.1 Å². The maximum Gasteiger partial charge on any atom is 0.573 e. The van der Waals surface area contributed by atoms with Gasteiger partial charge in [0.1, 0.15) is 11.3 Å². The number of fused-ring (bicyclic) bond motifs is 1.